The molecule has 6 nitrogen and oxygen atoms in total. The Hall–Kier alpha value is -3.23. The molecule has 2 heterocycles. The molecule has 0 aliphatic carbocycles. The summed E-state index contributed by atoms with van der Waals surface area (Å²) >= 11 is 0. The molecule has 0 fully saturated rings. The van der Waals surface area contributed by atoms with Gasteiger partial charge in [-0.2, -0.15) is 18.2 Å². The second-order valence-corrected chi connectivity index (χ2v) is 5.25. The molecule has 0 spiro atoms. The Bertz CT molecular complexity index is 849. The number of methoxy groups -OCH3 is 1. The molecule has 0 aliphatic rings. The summed E-state index contributed by atoms with van der Waals surface area (Å²) in [5.74, 6) is 1.04. The van der Waals surface area contributed by atoms with E-state index in [1.807, 2.05) is 0 Å². The van der Waals surface area contributed by atoms with Crippen LogP contribution in [0.4, 0.5) is 30.6 Å². The zero-order valence-corrected chi connectivity index (χ0v) is 13.7. The summed E-state index contributed by atoms with van der Waals surface area (Å²) in [6.07, 6.45) is -3.12. The molecule has 26 heavy (non-hydrogen) atoms. The second kappa shape index (κ2) is 7.34. The molecule has 0 radical (unpaired) electrons. The number of nitrogens with one attached hydrogen (secondary N) is 2. The number of hydrogen-bond donors (Lipinski definition) is 2. The molecular weight excluding hydrogens is 349 g/mol. The van der Waals surface area contributed by atoms with Gasteiger partial charge in [-0.05, 0) is 36.4 Å². The van der Waals surface area contributed by atoms with E-state index in [2.05, 4.69) is 20.6 Å². The molecule has 0 saturated heterocycles. The van der Waals surface area contributed by atoms with Crippen LogP contribution in [0.15, 0.2) is 53.1 Å². The fourth-order valence-corrected chi connectivity index (χ4v) is 2.14. The predicted molar refractivity (Wildman–Crippen MR) is 89.3 cm³/mol. The van der Waals surface area contributed by atoms with Crippen LogP contribution in [0.1, 0.15) is 11.5 Å². The fourth-order valence-electron chi connectivity index (χ4n) is 2.14. The molecule has 3 aromatic rings. The minimum Gasteiger partial charge on any atom is -0.497 e. The highest BCUT2D eigenvalue weighted by Crippen LogP contribution is 2.30. The second-order valence-electron chi connectivity index (χ2n) is 5.25. The average molecular weight is 364 g/mol. The first-order valence-corrected chi connectivity index (χ1v) is 7.57. The number of furan rings is 1. The summed E-state index contributed by atoms with van der Waals surface area (Å²) in [5.41, 5.74) is -0.486. The van der Waals surface area contributed by atoms with Gasteiger partial charge in [-0.25, -0.2) is 4.98 Å². The fraction of sp³-hybridized carbons (Fsp3) is 0.176. The van der Waals surface area contributed by atoms with Gasteiger partial charge in [0, 0.05) is 11.8 Å². The van der Waals surface area contributed by atoms with Crippen LogP contribution >= 0.6 is 0 Å². The highest BCUT2D eigenvalue weighted by Gasteiger charge is 2.33. The third kappa shape index (κ3) is 4.44. The van der Waals surface area contributed by atoms with Crippen molar-refractivity contribution in [2.45, 2.75) is 12.7 Å². The molecule has 2 aromatic heterocycles. The van der Waals surface area contributed by atoms with Crippen molar-refractivity contribution >= 4 is 17.5 Å². The van der Waals surface area contributed by atoms with E-state index < -0.39 is 11.9 Å². The molecule has 0 amide bonds. The minimum atomic E-state index is -4.60. The van der Waals surface area contributed by atoms with Crippen LogP contribution in [0.3, 0.4) is 0 Å². The summed E-state index contributed by atoms with van der Waals surface area (Å²) in [6.45, 7) is 0.163. The molecule has 0 bridgehead atoms. The Morgan fingerprint density at radius 2 is 1.88 bits per heavy atom. The van der Waals surface area contributed by atoms with Crippen molar-refractivity contribution in [3.63, 3.8) is 0 Å². The summed E-state index contributed by atoms with van der Waals surface area (Å²) < 4.78 is 49.5. The van der Waals surface area contributed by atoms with E-state index in [1.54, 1.807) is 36.4 Å². The van der Waals surface area contributed by atoms with Gasteiger partial charge in [0.1, 0.15) is 17.3 Å². The topological polar surface area (TPSA) is 72.2 Å². The summed E-state index contributed by atoms with van der Waals surface area (Å²) in [5, 5.41) is 5.56. The lowest BCUT2D eigenvalue weighted by Gasteiger charge is -2.12. The molecule has 9 heteroatoms. The van der Waals surface area contributed by atoms with Crippen LogP contribution in [0, 0.1) is 0 Å². The molecule has 3 rings (SSSR count). The number of alkyl halides is 3. The van der Waals surface area contributed by atoms with Gasteiger partial charge >= 0.3 is 6.18 Å². The first-order chi connectivity index (χ1) is 12.4. The summed E-state index contributed by atoms with van der Waals surface area (Å²) in [7, 11) is 1.53. The third-order valence-electron chi connectivity index (χ3n) is 3.38. The Labute approximate surface area is 147 Å². The van der Waals surface area contributed by atoms with Gasteiger partial charge in [-0.1, -0.05) is 0 Å². The first kappa shape index (κ1) is 17.6. The molecule has 2 N–H and O–H groups in total. The molecule has 0 saturated carbocycles. The minimum absolute atomic E-state index is 0.0134. The van der Waals surface area contributed by atoms with E-state index in [4.69, 9.17) is 9.15 Å². The molecule has 0 aliphatic heterocycles. The molecular formula is C17H15F3N4O2. The van der Waals surface area contributed by atoms with Crippen molar-refractivity contribution in [3.8, 4) is 5.75 Å². The van der Waals surface area contributed by atoms with Gasteiger partial charge in [-0.3, -0.25) is 0 Å². The van der Waals surface area contributed by atoms with Gasteiger partial charge < -0.3 is 19.8 Å². The van der Waals surface area contributed by atoms with E-state index in [0.717, 1.165) is 6.07 Å². The number of nitrogens with zero attached hydrogens (tertiary/aromatic N) is 2. The van der Waals surface area contributed by atoms with Crippen LogP contribution in [0.25, 0.3) is 0 Å². The van der Waals surface area contributed by atoms with Crippen molar-refractivity contribution in [2.24, 2.45) is 0 Å². The van der Waals surface area contributed by atoms with Gasteiger partial charge in [-0.15, -0.1) is 0 Å². The van der Waals surface area contributed by atoms with Crippen molar-refractivity contribution in [1.29, 1.82) is 0 Å². The Kier molecular flexibility index (Phi) is 4.97. The molecule has 0 unspecified atom stereocenters. The summed E-state index contributed by atoms with van der Waals surface area (Å²) in [6, 6.07) is 10.9. The van der Waals surface area contributed by atoms with Crippen molar-refractivity contribution in [3.05, 3.63) is 60.2 Å². The Morgan fingerprint density at radius 1 is 1.12 bits per heavy atom. The summed E-state index contributed by atoms with van der Waals surface area (Å²) in [4.78, 5) is 7.60. The maximum atomic E-state index is 13.1. The number of anilines is 3. The van der Waals surface area contributed by atoms with Gasteiger partial charge in [0.2, 0.25) is 5.95 Å². The van der Waals surface area contributed by atoms with Crippen LogP contribution in [-0.4, -0.2) is 17.1 Å². The van der Waals surface area contributed by atoms with Crippen molar-refractivity contribution in [2.75, 3.05) is 17.7 Å². The lowest BCUT2D eigenvalue weighted by atomic mass is 10.3. The Morgan fingerprint density at radius 3 is 2.50 bits per heavy atom. The van der Waals surface area contributed by atoms with E-state index >= 15 is 0 Å². The van der Waals surface area contributed by atoms with E-state index in [0.29, 0.717) is 17.2 Å². The molecule has 1 aromatic carbocycles. The van der Waals surface area contributed by atoms with Gasteiger partial charge in [0.15, 0.2) is 5.69 Å². The number of rotatable bonds is 6. The van der Waals surface area contributed by atoms with Crippen molar-refractivity contribution in [1.82, 2.24) is 9.97 Å². The first-order valence-electron chi connectivity index (χ1n) is 7.57. The SMILES string of the molecule is COc1ccc(Nc2cc(C(F)(F)F)nc(NCc3ccco3)n2)cc1. The van der Waals surface area contributed by atoms with Crippen LogP contribution in [-0.2, 0) is 12.7 Å². The number of benzene rings is 1. The predicted octanol–water partition coefficient (Wildman–Crippen LogP) is 4.45. The number of aromatic nitrogens is 2. The van der Waals surface area contributed by atoms with Crippen molar-refractivity contribution < 1.29 is 22.3 Å². The third-order valence-corrected chi connectivity index (χ3v) is 3.38. The van der Waals surface area contributed by atoms with Crippen LogP contribution < -0.4 is 15.4 Å². The van der Waals surface area contributed by atoms with E-state index in [-0.39, 0.29) is 18.3 Å². The average Bonchev–Trinajstić information content (AvgIpc) is 3.13. The van der Waals surface area contributed by atoms with Crippen LogP contribution in [0.5, 0.6) is 5.75 Å². The number of hydrogen-bond acceptors (Lipinski definition) is 6. The van der Waals surface area contributed by atoms with E-state index in [9.17, 15) is 13.2 Å². The van der Waals surface area contributed by atoms with E-state index in [1.165, 1.54) is 13.4 Å². The highest BCUT2D eigenvalue weighted by atomic mass is 19.4. The smallest absolute Gasteiger partial charge is 0.433 e. The lowest BCUT2D eigenvalue weighted by Crippen LogP contribution is -2.13. The number of ether oxygens (including phenoxy) is 1. The van der Waals surface area contributed by atoms with Gasteiger partial charge in [0.25, 0.3) is 0 Å². The zero-order valence-electron chi connectivity index (χ0n) is 13.7. The van der Waals surface area contributed by atoms with Gasteiger partial charge in [0.05, 0.1) is 19.9 Å². The van der Waals surface area contributed by atoms with Crippen LogP contribution in [0.2, 0.25) is 0 Å². The maximum absolute atomic E-state index is 13.1. The maximum Gasteiger partial charge on any atom is 0.433 e. The highest BCUT2D eigenvalue weighted by molar-refractivity contribution is 5.58. The quantitative estimate of drug-likeness (QED) is 0.673. The normalized spacial score (nSPS) is 11.2. The number of halogens is 3. The monoisotopic (exact) mass is 364 g/mol. The Balaban J connectivity index is 1.83. The largest absolute Gasteiger partial charge is 0.497 e. The lowest BCUT2D eigenvalue weighted by molar-refractivity contribution is -0.141. The molecule has 0 atom stereocenters. The zero-order chi connectivity index (χ0) is 18.6. The molecule has 136 valence electrons. The standard InChI is InChI=1S/C17H15F3N4O2/c1-25-12-6-4-11(5-7-12)22-15-9-14(17(18,19)20)23-16(24-15)21-10-13-3-2-8-26-13/h2-9H,10H2,1H3,(H2,21,22,23,24).